The molecule has 39 heavy (non-hydrogen) atoms. The van der Waals surface area contributed by atoms with Crippen molar-refractivity contribution in [2.75, 3.05) is 12.4 Å². The maximum absolute atomic E-state index is 13.0. The number of benzene rings is 2. The van der Waals surface area contributed by atoms with E-state index in [1.165, 1.54) is 37.4 Å². The SMILES string of the molecule is COc1ccc(NC(=O)NCc2ccc3c(c2)C(=O)N(C2CCC(=O)NC2=O)C3=O)cc1[S+](=O)([O-])NC1CC1. The summed E-state index contributed by atoms with van der Waals surface area (Å²) in [5.74, 6) is -2.29. The molecule has 2 aromatic rings. The Balaban J connectivity index is 1.24. The van der Waals surface area contributed by atoms with Crippen LogP contribution in [0.4, 0.5) is 10.5 Å². The third-order valence-corrected chi connectivity index (χ3v) is 8.11. The van der Waals surface area contributed by atoms with Crippen LogP contribution in [0, 0.1) is 0 Å². The molecule has 2 unspecified atom stereocenters. The van der Waals surface area contributed by atoms with Crippen molar-refractivity contribution >= 4 is 45.7 Å². The highest BCUT2D eigenvalue weighted by Crippen LogP contribution is 2.32. The molecule has 6 amide bonds. The van der Waals surface area contributed by atoms with E-state index in [1.54, 1.807) is 6.07 Å². The van der Waals surface area contributed by atoms with Crippen molar-refractivity contribution < 1.29 is 37.5 Å². The van der Waals surface area contributed by atoms with Gasteiger partial charge in [-0.3, -0.25) is 29.4 Å². The fourth-order valence-corrected chi connectivity index (χ4v) is 5.93. The number of carbonyl (C=O) groups excluding carboxylic acids is 5. The fourth-order valence-electron chi connectivity index (χ4n) is 4.43. The van der Waals surface area contributed by atoms with Crippen molar-refractivity contribution in [3.8, 4) is 5.75 Å². The minimum absolute atomic E-state index is 0.0104. The molecule has 14 heteroatoms. The van der Waals surface area contributed by atoms with Crippen LogP contribution in [-0.4, -0.2) is 58.3 Å². The zero-order valence-corrected chi connectivity index (χ0v) is 21.6. The first-order valence-corrected chi connectivity index (χ1v) is 13.7. The fraction of sp³-hybridized carbons (Fsp3) is 0.320. The molecule has 0 aromatic heterocycles. The molecular formula is C25H25N5O8S. The number of carbonyl (C=O) groups is 5. The van der Waals surface area contributed by atoms with Crippen molar-refractivity contribution in [3.63, 3.8) is 0 Å². The van der Waals surface area contributed by atoms with Gasteiger partial charge in [0.2, 0.25) is 16.7 Å². The minimum Gasteiger partial charge on any atom is -0.593 e. The van der Waals surface area contributed by atoms with Crippen molar-refractivity contribution in [1.29, 1.82) is 0 Å². The molecule has 2 atom stereocenters. The summed E-state index contributed by atoms with van der Waals surface area (Å²) in [7, 11) is -2.49. The maximum atomic E-state index is 13.0. The van der Waals surface area contributed by atoms with E-state index in [9.17, 15) is 32.7 Å². The molecule has 4 N–H and O–H groups in total. The Hall–Kier alpha value is -4.14. The lowest BCUT2D eigenvalue weighted by Crippen LogP contribution is -2.54. The largest absolute Gasteiger partial charge is 0.593 e. The van der Waals surface area contributed by atoms with E-state index < -0.39 is 46.1 Å². The number of fused-ring (bicyclic) bond motifs is 1. The van der Waals surface area contributed by atoms with E-state index >= 15 is 0 Å². The predicted octanol–water partition coefficient (Wildman–Crippen LogP) is 1.07. The third kappa shape index (κ3) is 5.39. The average Bonchev–Trinajstić information content (AvgIpc) is 3.67. The molecule has 1 saturated heterocycles. The van der Waals surface area contributed by atoms with Crippen LogP contribution in [0.15, 0.2) is 41.3 Å². The molecule has 2 aliphatic heterocycles. The Bertz CT molecular complexity index is 1460. The first-order chi connectivity index (χ1) is 18.6. The van der Waals surface area contributed by atoms with Crippen LogP contribution >= 0.6 is 0 Å². The van der Waals surface area contributed by atoms with Crippen LogP contribution in [0.2, 0.25) is 0 Å². The van der Waals surface area contributed by atoms with Crippen LogP contribution in [0.1, 0.15) is 52.0 Å². The van der Waals surface area contributed by atoms with Gasteiger partial charge in [-0.25, -0.2) is 4.79 Å². The number of sulfonamides is 1. The summed E-state index contributed by atoms with van der Waals surface area (Å²) < 4.78 is 33.1. The summed E-state index contributed by atoms with van der Waals surface area (Å²) in [6, 6.07) is 6.91. The van der Waals surface area contributed by atoms with Crippen molar-refractivity contribution in [3.05, 3.63) is 53.1 Å². The standard InChI is InChI=1S/C25H25N5O8S/c1-38-19-8-5-15(11-20(19)39(36,37)29-14-3-4-14)27-25(35)26-12-13-2-6-16-17(10-13)24(34)30(23(16)33)18-7-9-21(31)28-22(18)32/h2,5-6,8,10-11,14,18H,3-4,7,9,12H2,1H3,(H4-,26,27,28,29,31,32,35,36,37). The Kier molecular flexibility index (Phi) is 6.92. The zero-order chi connectivity index (χ0) is 27.9. The molecule has 1 saturated carbocycles. The van der Waals surface area contributed by atoms with E-state index in [1.807, 2.05) is 0 Å². The number of hydrogen-bond donors (Lipinski definition) is 4. The van der Waals surface area contributed by atoms with Gasteiger partial charge < -0.3 is 19.9 Å². The number of imide groups is 2. The molecule has 0 radical (unpaired) electrons. The second kappa shape index (κ2) is 10.2. The van der Waals surface area contributed by atoms with Crippen molar-refractivity contribution in [2.45, 2.75) is 49.2 Å². The lowest BCUT2D eigenvalue weighted by atomic mass is 10.0. The molecule has 3 aliphatic rings. The summed E-state index contributed by atoms with van der Waals surface area (Å²) in [6.45, 7) is -0.0104. The molecule has 5 rings (SSSR count). The van der Waals surface area contributed by atoms with Gasteiger partial charge in [-0.2, -0.15) is 0 Å². The number of piperidine rings is 1. The normalized spacial score (nSPS) is 20.3. The lowest BCUT2D eigenvalue weighted by molar-refractivity contribution is -0.136. The summed E-state index contributed by atoms with van der Waals surface area (Å²) in [5.41, 5.74) is 0.961. The van der Waals surface area contributed by atoms with E-state index in [-0.39, 0.29) is 52.9 Å². The van der Waals surface area contributed by atoms with Crippen LogP contribution in [0.5, 0.6) is 5.75 Å². The minimum atomic E-state index is -3.84. The highest BCUT2D eigenvalue weighted by atomic mass is 32.3. The van der Waals surface area contributed by atoms with Crippen LogP contribution in [0.25, 0.3) is 0 Å². The number of hydrogen-bond acceptors (Lipinski definition) is 8. The van der Waals surface area contributed by atoms with Crippen LogP contribution in [-0.2, 0) is 30.7 Å². The van der Waals surface area contributed by atoms with Crippen molar-refractivity contribution in [2.24, 2.45) is 0 Å². The highest BCUT2D eigenvalue weighted by molar-refractivity contribution is 7.96. The van der Waals surface area contributed by atoms with Crippen LogP contribution in [0.3, 0.4) is 0 Å². The molecule has 2 fully saturated rings. The summed E-state index contributed by atoms with van der Waals surface area (Å²) >= 11 is 0. The van der Waals surface area contributed by atoms with Gasteiger partial charge in [-0.1, -0.05) is 10.3 Å². The second-order valence-corrected chi connectivity index (χ2v) is 11.1. The predicted molar refractivity (Wildman–Crippen MR) is 135 cm³/mol. The number of nitrogens with zero attached hydrogens (tertiary/aromatic N) is 1. The highest BCUT2D eigenvalue weighted by Gasteiger charge is 2.44. The number of ether oxygens (including phenoxy) is 1. The Morgan fingerprint density at radius 1 is 1.08 bits per heavy atom. The second-order valence-electron chi connectivity index (χ2n) is 9.40. The van der Waals surface area contributed by atoms with Gasteiger partial charge in [0.05, 0.1) is 24.3 Å². The van der Waals surface area contributed by atoms with Crippen molar-refractivity contribution in [1.82, 2.24) is 20.3 Å². The van der Waals surface area contributed by atoms with Gasteiger partial charge in [-0.05, 0) is 49.1 Å². The number of methoxy groups -OCH3 is 1. The zero-order valence-electron chi connectivity index (χ0n) is 20.8. The summed E-state index contributed by atoms with van der Waals surface area (Å²) in [6.07, 6.45) is 1.60. The first kappa shape index (κ1) is 26.5. The smallest absolute Gasteiger partial charge is 0.319 e. The third-order valence-electron chi connectivity index (χ3n) is 6.57. The van der Waals surface area contributed by atoms with E-state index in [4.69, 9.17) is 4.74 Å². The van der Waals surface area contributed by atoms with Gasteiger partial charge >= 0.3 is 6.03 Å². The monoisotopic (exact) mass is 555 g/mol. The topological polar surface area (TPSA) is 186 Å². The summed E-state index contributed by atoms with van der Waals surface area (Å²) in [5, 5.41) is 7.34. The molecule has 2 aromatic carbocycles. The first-order valence-electron chi connectivity index (χ1n) is 12.2. The number of rotatable bonds is 8. The van der Waals surface area contributed by atoms with Gasteiger partial charge in [0.25, 0.3) is 11.8 Å². The molecule has 2 heterocycles. The van der Waals surface area contributed by atoms with E-state index in [2.05, 4.69) is 20.7 Å². The van der Waals surface area contributed by atoms with E-state index in [0.29, 0.717) is 5.56 Å². The van der Waals surface area contributed by atoms with Gasteiger partial charge in [0.15, 0.2) is 16.1 Å². The molecule has 1 aliphatic carbocycles. The summed E-state index contributed by atoms with van der Waals surface area (Å²) in [4.78, 5) is 62.8. The quantitative estimate of drug-likeness (QED) is 0.275. The van der Waals surface area contributed by atoms with Gasteiger partial charge in [0, 0.05) is 24.7 Å². The molecular weight excluding hydrogens is 530 g/mol. The van der Waals surface area contributed by atoms with E-state index in [0.717, 1.165) is 17.7 Å². The number of nitrogens with one attached hydrogen (secondary N) is 4. The lowest BCUT2D eigenvalue weighted by Gasteiger charge is -2.27. The molecule has 0 spiro atoms. The maximum Gasteiger partial charge on any atom is 0.319 e. The number of amides is 6. The number of anilines is 1. The number of urea groups is 1. The molecule has 0 bridgehead atoms. The molecule has 204 valence electrons. The van der Waals surface area contributed by atoms with Gasteiger partial charge in [0.1, 0.15) is 6.04 Å². The van der Waals surface area contributed by atoms with Crippen LogP contribution < -0.4 is 25.4 Å². The Labute approximate surface area is 224 Å². The molecule has 13 nitrogen and oxygen atoms in total. The average molecular weight is 556 g/mol. The Morgan fingerprint density at radius 3 is 2.51 bits per heavy atom. The van der Waals surface area contributed by atoms with Gasteiger partial charge in [-0.15, -0.1) is 4.72 Å². The Morgan fingerprint density at radius 2 is 1.82 bits per heavy atom.